The van der Waals surface area contributed by atoms with Gasteiger partial charge in [0, 0.05) is 10.0 Å². The van der Waals surface area contributed by atoms with Gasteiger partial charge in [0.2, 0.25) is 0 Å². The lowest BCUT2D eigenvalue weighted by Crippen LogP contribution is -2.45. The van der Waals surface area contributed by atoms with Crippen LogP contribution in [0.4, 0.5) is 0 Å². The molecule has 0 radical (unpaired) electrons. The van der Waals surface area contributed by atoms with Crippen LogP contribution in [0.3, 0.4) is 0 Å². The van der Waals surface area contributed by atoms with E-state index in [9.17, 15) is 5.11 Å². The van der Waals surface area contributed by atoms with Crippen LogP contribution >= 0.6 is 15.9 Å². The standard InChI is InChI=1S/C38H27BrO/c39-30-24-25-35-36(26-30)37(28-16-6-2-7-17-28,29-18-8-3-9-19-29)33-22-12-13-23-34(33)38(35,40)32-21-11-10-20-31(32)27-14-4-1-5-15-27/h1-26,40H. The van der Waals surface area contributed by atoms with Gasteiger partial charge in [-0.1, -0.05) is 162 Å². The molecule has 1 N–H and O–H groups in total. The Morgan fingerprint density at radius 2 is 0.900 bits per heavy atom. The molecule has 0 heterocycles. The summed E-state index contributed by atoms with van der Waals surface area (Å²) >= 11 is 3.79. The van der Waals surface area contributed by atoms with Crippen molar-refractivity contribution in [3.63, 3.8) is 0 Å². The predicted molar refractivity (Wildman–Crippen MR) is 166 cm³/mol. The van der Waals surface area contributed by atoms with Crippen LogP contribution in [0.2, 0.25) is 0 Å². The predicted octanol–water partition coefficient (Wildman–Crippen LogP) is 9.10. The second kappa shape index (κ2) is 9.75. The van der Waals surface area contributed by atoms with E-state index in [4.69, 9.17) is 0 Å². The molecular weight excluding hydrogens is 552 g/mol. The van der Waals surface area contributed by atoms with Gasteiger partial charge in [0.05, 0.1) is 5.41 Å². The molecule has 2 heteroatoms. The summed E-state index contributed by atoms with van der Waals surface area (Å²) in [6.07, 6.45) is 0. The molecule has 0 amide bonds. The zero-order valence-corrected chi connectivity index (χ0v) is 23.4. The van der Waals surface area contributed by atoms with E-state index in [0.717, 1.165) is 54.5 Å². The monoisotopic (exact) mass is 578 g/mol. The zero-order valence-electron chi connectivity index (χ0n) is 21.8. The first kappa shape index (κ1) is 24.8. The van der Waals surface area contributed by atoms with Crippen molar-refractivity contribution in [3.05, 3.63) is 201 Å². The molecule has 40 heavy (non-hydrogen) atoms. The minimum absolute atomic E-state index is 0.633. The fraction of sp³-hybridized carbons (Fsp3) is 0.0526. The normalized spacial score (nSPS) is 17.1. The van der Waals surface area contributed by atoms with Crippen LogP contribution in [0.25, 0.3) is 11.1 Å². The Bertz CT molecular complexity index is 1770. The first-order chi connectivity index (χ1) is 19.6. The van der Waals surface area contributed by atoms with E-state index in [2.05, 4.69) is 131 Å². The van der Waals surface area contributed by atoms with E-state index in [1.807, 2.05) is 42.5 Å². The van der Waals surface area contributed by atoms with Crippen molar-refractivity contribution in [2.24, 2.45) is 0 Å². The maximum Gasteiger partial charge on any atom is 0.141 e. The molecule has 1 nitrogen and oxygen atoms in total. The number of hydrogen-bond acceptors (Lipinski definition) is 1. The van der Waals surface area contributed by atoms with E-state index in [0.29, 0.717) is 0 Å². The number of aliphatic hydroxyl groups is 1. The van der Waals surface area contributed by atoms with Gasteiger partial charge in [-0.3, -0.25) is 0 Å². The highest BCUT2D eigenvalue weighted by molar-refractivity contribution is 9.10. The molecule has 1 unspecified atom stereocenters. The molecule has 7 rings (SSSR count). The molecule has 0 spiro atoms. The molecule has 0 saturated heterocycles. The Morgan fingerprint density at radius 1 is 0.425 bits per heavy atom. The molecule has 0 saturated carbocycles. The van der Waals surface area contributed by atoms with Crippen molar-refractivity contribution in [2.45, 2.75) is 11.0 Å². The van der Waals surface area contributed by atoms with Crippen molar-refractivity contribution in [1.82, 2.24) is 0 Å². The Balaban J connectivity index is 1.65. The highest BCUT2D eigenvalue weighted by Crippen LogP contribution is 2.58. The van der Waals surface area contributed by atoms with Crippen LogP contribution in [0, 0.1) is 0 Å². The minimum Gasteiger partial charge on any atom is -0.376 e. The molecule has 0 bridgehead atoms. The van der Waals surface area contributed by atoms with Gasteiger partial charge >= 0.3 is 0 Å². The van der Waals surface area contributed by atoms with Gasteiger partial charge in [0.1, 0.15) is 5.60 Å². The van der Waals surface area contributed by atoms with Crippen molar-refractivity contribution < 1.29 is 5.11 Å². The Hall–Kier alpha value is -4.24. The molecule has 1 aliphatic rings. The van der Waals surface area contributed by atoms with E-state index in [1.54, 1.807) is 0 Å². The van der Waals surface area contributed by atoms with Gasteiger partial charge in [0.15, 0.2) is 0 Å². The maximum absolute atomic E-state index is 13.3. The fourth-order valence-electron chi connectivity index (χ4n) is 6.68. The second-order valence-corrected chi connectivity index (χ2v) is 11.3. The van der Waals surface area contributed by atoms with E-state index in [-0.39, 0.29) is 0 Å². The Kier molecular flexibility index (Phi) is 6.04. The summed E-state index contributed by atoms with van der Waals surface area (Å²) in [4.78, 5) is 0. The van der Waals surface area contributed by atoms with Crippen LogP contribution in [0.5, 0.6) is 0 Å². The third-order valence-corrected chi connectivity index (χ3v) is 8.80. The average molecular weight is 580 g/mol. The molecule has 0 fully saturated rings. The number of hydrogen-bond donors (Lipinski definition) is 1. The Morgan fingerprint density at radius 3 is 1.52 bits per heavy atom. The number of rotatable bonds is 4. The fourth-order valence-corrected chi connectivity index (χ4v) is 7.04. The molecule has 192 valence electrons. The van der Waals surface area contributed by atoms with E-state index < -0.39 is 11.0 Å². The van der Waals surface area contributed by atoms with Gasteiger partial charge in [-0.05, 0) is 56.6 Å². The first-order valence-electron chi connectivity index (χ1n) is 13.5. The first-order valence-corrected chi connectivity index (χ1v) is 14.3. The second-order valence-electron chi connectivity index (χ2n) is 10.3. The van der Waals surface area contributed by atoms with E-state index >= 15 is 0 Å². The lowest BCUT2D eigenvalue weighted by Gasteiger charge is -2.48. The summed E-state index contributed by atoms with van der Waals surface area (Å²) in [5.41, 5.74) is 7.16. The van der Waals surface area contributed by atoms with Crippen LogP contribution in [-0.4, -0.2) is 5.11 Å². The third kappa shape index (κ3) is 3.57. The molecule has 1 aliphatic carbocycles. The molecule has 6 aromatic rings. The molecule has 6 aromatic carbocycles. The lowest BCUT2D eigenvalue weighted by molar-refractivity contribution is 0.119. The summed E-state index contributed by atoms with van der Waals surface area (Å²) < 4.78 is 0.973. The summed E-state index contributed by atoms with van der Waals surface area (Å²) in [6, 6.07) is 54.7. The largest absolute Gasteiger partial charge is 0.376 e. The number of halogens is 1. The minimum atomic E-state index is -1.38. The molecular formula is C38H27BrO. The van der Waals surface area contributed by atoms with Gasteiger partial charge < -0.3 is 5.11 Å². The quantitative estimate of drug-likeness (QED) is 0.221. The molecule has 0 aromatic heterocycles. The number of fused-ring (bicyclic) bond motifs is 2. The SMILES string of the molecule is OC1(c2ccccc2-c2ccccc2)c2ccccc2C(c2ccccc2)(c2ccccc2)c2cc(Br)ccc21. The Labute approximate surface area is 243 Å². The molecule has 0 aliphatic heterocycles. The summed E-state index contributed by atoms with van der Waals surface area (Å²) in [7, 11) is 0. The highest BCUT2D eigenvalue weighted by Gasteiger charge is 2.52. The molecule has 1 atom stereocenters. The van der Waals surface area contributed by atoms with Crippen molar-refractivity contribution in [2.75, 3.05) is 0 Å². The van der Waals surface area contributed by atoms with Gasteiger partial charge in [-0.2, -0.15) is 0 Å². The highest BCUT2D eigenvalue weighted by atomic mass is 79.9. The zero-order chi connectivity index (χ0) is 27.2. The average Bonchev–Trinajstić information content (AvgIpc) is 3.03. The van der Waals surface area contributed by atoms with E-state index in [1.165, 1.54) is 0 Å². The van der Waals surface area contributed by atoms with Crippen molar-refractivity contribution in [3.8, 4) is 11.1 Å². The lowest BCUT2D eigenvalue weighted by atomic mass is 9.55. The van der Waals surface area contributed by atoms with Gasteiger partial charge in [0.25, 0.3) is 0 Å². The smallest absolute Gasteiger partial charge is 0.141 e. The van der Waals surface area contributed by atoms with Crippen LogP contribution in [-0.2, 0) is 11.0 Å². The van der Waals surface area contributed by atoms with Crippen molar-refractivity contribution >= 4 is 15.9 Å². The summed E-state index contributed by atoms with van der Waals surface area (Å²) in [5.74, 6) is 0. The van der Waals surface area contributed by atoms with Crippen LogP contribution in [0.15, 0.2) is 162 Å². The van der Waals surface area contributed by atoms with Crippen LogP contribution in [0.1, 0.15) is 38.9 Å². The maximum atomic E-state index is 13.3. The number of benzene rings is 6. The topological polar surface area (TPSA) is 20.2 Å². The van der Waals surface area contributed by atoms with Crippen molar-refractivity contribution in [1.29, 1.82) is 0 Å². The summed E-state index contributed by atoms with van der Waals surface area (Å²) in [6.45, 7) is 0. The summed E-state index contributed by atoms with van der Waals surface area (Å²) in [5, 5.41) is 13.3. The van der Waals surface area contributed by atoms with Gasteiger partial charge in [-0.25, -0.2) is 0 Å². The van der Waals surface area contributed by atoms with Crippen LogP contribution < -0.4 is 0 Å². The van der Waals surface area contributed by atoms with Gasteiger partial charge in [-0.15, -0.1) is 0 Å². The third-order valence-electron chi connectivity index (χ3n) is 8.31.